The van der Waals surface area contributed by atoms with E-state index >= 15 is 0 Å². The summed E-state index contributed by atoms with van der Waals surface area (Å²) in [6.07, 6.45) is 1.70. The molecular weight excluding hydrogens is 130 g/mol. The second-order valence-electron chi connectivity index (χ2n) is 2.34. The highest BCUT2D eigenvalue weighted by molar-refractivity contribution is 5.91. The van der Waals surface area contributed by atoms with Crippen molar-refractivity contribution in [2.45, 2.75) is 26.4 Å². The standard InChI is InChI=1S/C7H13NO2/c1-5(7(8)10)3-4-6(2)9/h3,6,9H,4H2,1-2H3,(H2,8,10)/t6-/m1/s1. The van der Waals surface area contributed by atoms with Gasteiger partial charge in [0, 0.05) is 5.57 Å². The maximum Gasteiger partial charge on any atom is 0.244 e. The van der Waals surface area contributed by atoms with Crippen LogP contribution in [0.2, 0.25) is 0 Å². The molecule has 1 atom stereocenters. The summed E-state index contributed by atoms with van der Waals surface area (Å²) in [7, 11) is 0. The van der Waals surface area contributed by atoms with Crippen LogP contribution in [0.15, 0.2) is 11.6 Å². The molecule has 10 heavy (non-hydrogen) atoms. The van der Waals surface area contributed by atoms with Crippen LogP contribution in [-0.4, -0.2) is 17.1 Å². The summed E-state index contributed by atoms with van der Waals surface area (Å²) in [5.74, 6) is -0.430. The molecule has 58 valence electrons. The highest BCUT2D eigenvalue weighted by atomic mass is 16.3. The fraction of sp³-hybridized carbons (Fsp3) is 0.571. The van der Waals surface area contributed by atoms with Gasteiger partial charge in [-0.2, -0.15) is 0 Å². The summed E-state index contributed by atoms with van der Waals surface area (Å²) in [5.41, 5.74) is 5.43. The van der Waals surface area contributed by atoms with Gasteiger partial charge in [-0.25, -0.2) is 0 Å². The molecule has 0 heterocycles. The molecule has 3 nitrogen and oxygen atoms in total. The molecule has 0 aliphatic heterocycles. The number of aliphatic hydroxyl groups excluding tert-OH is 1. The third-order valence-corrected chi connectivity index (χ3v) is 1.15. The minimum atomic E-state index is -0.430. The summed E-state index contributed by atoms with van der Waals surface area (Å²) in [6.45, 7) is 3.29. The molecule has 0 saturated heterocycles. The van der Waals surface area contributed by atoms with Crippen LogP contribution in [0.5, 0.6) is 0 Å². The van der Waals surface area contributed by atoms with Crippen LogP contribution in [0.1, 0.15) is 20.3 Å². The predicted octanol–water partition coefficient (Wildman–Crippen LogP) is 0.189. The summed E-state index contributed by atoms with van der Waals surface area (Å²) in [6, 6.07) is 0. The lowest BCUT2D eigenvalue weighted by molar-refractivity contribution is -0.114. The number of amides is 1. The van der Waals surface area contributed by atoms with E-state index in [1.54, 1.807) is 19.9 Å². The topological polar surface area (TPSA) is 63.3 Å². The van der Waals surface area contributed by atoms with Crippen molar-refractivity contribution in [3.8, 4) is 0 Å². The van der Waals surface area contributed by atoms with Gasteiger partial charge in [-0.3, -0.25) is 4.79 Å². The Morgan fingerprint density at radius 1 is 1.80 bits per heavy atom. The maximum atomic E-state index is 10.4. The molecule has 0 aliphatic carbocycles. The summed E-state index contributed by atoms with van der Waals surface area (Å²) in [5, 5.41) is 8.79. The first-order chi connectivity index (χ1) is 4.54. The Kier molecular flexibility index (Phi) is 3.72. The number of carbonyl (C=O) groups is 1. The fourth-order valence-corrected chi connectivity index (χ4v) is 0.448. The van der Waals surface area contributed by atoms with E-state index in [0.717, 1.165) is 0 Å². The van der Waals surface area contributed by atoms with Gasteiger partial charge in [-0.05, 0) is 20.3 Å². The molecule has 0 spiro atoms. The monoisotopic (exact) mass is 143 g/mol. The molecule has 0 aromatic carbocycles. The van der Waals surface area contributed by atoms with E-state index in [4.69, 9.17) is 10.8 Å². The average molecular weight is 143 g/mol. The van der Waals surface area contributed by atoms with E-state index in [2.05, 4.69) is 0 Å². The summed E-state index contributed by atoms with van der Waals surface area (Å²) < 4.78 is 0. The van der Waals surface area contributed by atoms with Crippen LogP contribution in [0.4, 0.5) is 0 Å². The zero-order valence-corrected chi connectivity index (χ0v) is 6.29. The van der Waals surface area contributed by atoms with Gasteiger partial charge in [0.1, 0.15) is 0 Å². The molecule has 0 rings (SSSR count). The fourth-order valence-electron chi connectivity index (χ4n) is 0.448. The van der Waals surface area contributed by atoms with Crippen LogP contribution in [0.3, 0.4) is 0 Å². The second-order valence-corrected chi connectivity index (χ2v) is 2.34. The van der Waals surface area contributed by atoms with Gasteiger partial charge < -0.3 is 10.8 Å². The molecule has 0 radical (unpaired) electrons. The Morgan fingerprint density at radius 2 is 2.30 bits per heavy atom. The maximum absolute atomic E-state index is 10.4. The van der Waals surface area contributed by atoms with E-state index in [9.17, 15) is 4.79 Å². The Hall–Kier alpha value is -0.830. The highest BCUT2D eigenvalue weighted by Gasteiger charge is 1.97. The largest absolute Gasteiger partial charge is 0.393 e. The van der Waals surface area contributed by atoms with Crippen LogP contribution in [-0.2, 0) is 4.79 Å². The molecule has 3 N–H and O–H groups in total. The molecule has 0 aromatic heterocycles. The van der Waals surface area contributed by atoms with Crippen molar-refractivity contribution in [2.75, 3.05) is 0 Å². The highest BCUT2D eigenvalue weighted by Crippen LogP contribution is 1.97. The number of carbonyl (C=O) groups excluding carboxylic acids is 1. The van der Waals surface area contributed by atoms with Gasteiger partial charge in [-0.1, -0.05) is 6.08 Å². The third kappa shape index (κ3) is 4.09. The summed E-state index contributed by atoms with van der Waals surface area (Å²) >= 11 is 0. The van der Waals surface area contributed by atoms with Crippen LogP contribution >= 0.6 is 0 Å². The lowest BCUT2D eigenvalue weighted by atomic mass is 10.2. The average Bonchev–Trinajstić information content (AvgIpc) is 1.82. The van der Waals surface area contributed by atoms with E-state index in [1.165, 1.54) is 0 Å². The quantitative estimate of drug-likeness (QED) is 0.554. The molecule has 3 heteroatoms. The Morgan fingerprint density at radius 3 is 2.60 bits per heavy atom. The van der Waals surface area contributed by atoms with Gasteiger partial charge in [0.2, 0.25) is 5.91 Å². The Bertz CT molecular complexity index is 150. The Labute approximate surface area is 60.5 Å². The lowest BCUT2D eigenvalue weighted by Crippen LogP contribution is -2.12. The second kappa shape index (κ2) is 4.06. The van der Waals surface area contributed by atoms with Gasteiger partial charge in [0.05, 0.1) is 6.10 Å². The Balaban J connectivity index is 3.81. The lowest BCUT2D eigenvalue weighted by Gasteiger charge is -1.98. The molecule has 0 aromatic rings. The van der Waals surface area contributed by atoms with Crippen molar-refractivity contribution < 1.29 is 9.90 Å². The van der Waals surface area contributed by atoms with Crippen molar-refractivity contribution >= 4 is 5.91 Å². The van der Waals surface area contributed by atoms with Crippen molar-refractivity contribution in [1.29, 1.82) is 0 Å². The smallest absolute Gasteiger partial charge is 0.244 e. The SMILES string of the molecule is CC(=CC[C@@H](C)O)C(N)=O. The molecular formula is C7H13NO2. The van der Waals surface area contributed by atoms with Gasteiger partial charge in [-0.15, -0.1) is 0 Å². The number of rotatable bonds is 3. The predicted molar refractivity (Wildman–Crippen MR) is 39.2 cm³/mol. The van der Waals surface area contributed by atoms with E-state index in [1.807, 2.05) is 0 Å². The first-order valence-corrected chi connectivity index (χ1v) is 3.18. The van der Waals surface area contributed by atoms with Crippen LogP contribution in [0, 0.1) is 0 Å². The zero-order valence-electron chi connectivity index (χ0n) is 6.29. The van der Waals surface area contributed by atoms with Gasteiger partial charge in [0.15, 0.2) is 0 Å². The molecule has 0 aliphatic rings. The van der Waals surface area contributed by atoms with E-state index in [-0.39, 0.29) is 0 Å². The van der Waals surface area contributed by atoms with Crippen molar-refractivity contribution in [3.05, 3.63) is 11.6 Å². The molecule has 0 bridgehead atoms. The number of nitrogens with two attached hydrogens (primary N) is 1. The molecule has 0 fully saturated rings. The third-order valence-electron chi connectivity index (χ3n) is 1.15. The number of hydrogen-bond donors (Lipinski definition) is 2. The molecule has 0 saturated carbocycles. The first kappa shape index (κ1) is 9.17. The van der Waals surface area contributed by atoms with Gasteiger partial charge in [0.25, 0.3) is 0 Å². The van der Waals surface area contributed by atoms with Crippen molar-refractivity contribution in [1.82, 2.24) is 0 Å². The first-order valence-electron chi connectivity index (χ1n) is 3.18. The minimum Gasteiger partial charge on any atom is -0.393 e. The number of hydrogen-bond acceptors (Lipinski definition) is 2. The van der Waals surface area contributed by atoms with Crippen molar-refractivity contribution in [3.63, 3.8) is 0 Å². The van der Waals surface area contributed by atoms with Crippen LogP contribution < -0.4 is 5.73 Å². The number of primary amides is 1. The minimum absolute atomic E-state index is 0.408. The summed E-state index contributed by atoms with van der Waals surface area (Å²) in [4.78, 5) is 10.4. The van der Waals surface area contributed by atoms with Crippen LogP contribution in [0.25, 0.3) is 0 Å². The molecule has 0 unspecified atom stereocenters. The van der Waals surface area contributed by atoms with Gasteiger partial charge >= 0.3 is 0 Å². The number of aliphatic hydroxyl groups is 1. The van der Waals surface area contributed by atoms with E-state index < -0.39 is 12.0 Å². The molecule has 1 amide bonds. The van der Waals surface area contributed by atoms with E-state index in [0.29, 0.717) is 12.0 Å². The van der Waals surface area contributed by atoms with Crippen molar-refractivity contribution in [2.24, 2.45) is 5.73 Å². The normalized spacial score (nSPS) is 14.9. The zero-order chi connectivity index (χ0) is 8.15.